The number of aliphatic hydroxyl groups excluding tert-OH is 1. The first-order valence-electron chi connectivity index (χ1n) is 9.14. The lowest BCUT2D eigenvalue weighted by Crippen LogP contribution is -2.37. The van der Waals surface area contributed by atoms with Gasteiger partial charge in [0.15, 0.2) is 0 Å². The quantitative estimate of drug-likeness (QED) is 0.359. The normalized spacial score (nSPS) is 12.6. The number of aromatic nitrogens is 2. The topological polar surface area (TPSA) is 114 Å². The average Bonchev–Trinajstić information content (AvgIpc) is 2.70. The van der Waals surface area contributed by atoms with Gasteiger partial charge in [0.1, 0.15) is 0 Å². The minimum absolute atomic E-state index is 0.0249. The third-order valence-corrected chi connectivity index (χ3v) is 4.44. The fourth-order valence-corrected chi connectivity index (χ4v) is 2.82. The van der Waals surface area contributed by atoms with Crippen LogP contribution in [0.25, 0.3) is 0 Å². The molecule has 1 aromatic carbocycles. The number of aliphatic hydroxyl groups is 1. The number of hydrazone groups is 1. The number of nitrogens with zero attached hydrogens (tertiary/aromatic N) is 2. The van der Waals surface area contributed by atoms with Gasteiger partial charge in [-0.15, -0.1) is 0 Å². The standard InChI is InChI=1S/C20H27N5O3/c1-4-16(11-21-10-14-7-6-8-15(9-14)13-26)25(3)24-18(5-2)17-12-22-20(28)23-19(17)27/h5-9,12,16,21,26H,2,4,10-11,13H2,1,3H3,(H2,22,23,27,28)/b24-18+. The number of benzene rings is 1. The Labute approximate surface area is 163 Å². The van der Waals surface area contributed by atoms with Gasteiger partial charge in [-0.2, -0.15) is 5.10 Å². The summed E-state index contributed by atoms with van der Waals surface area (Å²) in [7, 11) is 1.84. The molecular formula is C20H27N5O3. The van der Waals surface area contributed by atoms with Gasteiger partial charge in [-0.05, 0) is 23.6 Å². The van der Waals surface area contributed by atoms with E-state index in [1.165, 1.54) is 12.3 Å². The van der Waals surface area contributed by atoms with E-state index in [1.54, 1.807) is 5.01 Å². The number of aromatic amines is 2. The molecule has 1 atom stereocenters. The Kier molecular flexibility index (Phi) is 7.91. The number of nitrogens with one attached hydrogen (secondary N) is 3. The second kappa shape index (κ2) is 10.4. The van der Waals surface area contributed by atoms with Crippen LogP contribution in [0.15, 0.2) is 57.8 Å². The highest BCUT2D eigenvalue weighted by Gasteiger charge is 2.13. The Morgan fingerprint density at radius 3 is 2.79 bits per heavy atom. The summed E-state index contributed by atoms with van der Waals surface area (Å²) in [6, 6.07) is 7.88. The Balaban J connectivity index is 2.05. The van der Waals surface area contributed by atoms with E-state index in [9.17, 15) is 14.7 Å². The number of rotatable bonds is 10. The number of allylic oxidation sites excluding steroid dienone is 1. The summed E-state index contributed by atoms with van der Waals surface area (Å²) in [5.41, 5.74) is 1.55. The first-order valence-corrected chi connectivity index (χ1v) is 9.14. The summed E-state index contributed by atoms with van der Waals surface area (Å²) < 4.78 is 0. The predicted octanol–water partition coefficient (Wildman–Crippen LogP) is 0.946. The molecule has 1 heterocycles. The van der Waals surface area contributed by atoms with Crippen molar-refractivity contribution in [3.05, 3.63) is 80.6 Å². The summed E-state index contributed by atoms with van der Waals surface area (Å²) in [6.07, 6.45) is 3.67. The molecule has 28 heavy (non-hydrogen) atoms. The van der Waals surface area contributed by atoms with Crippen LogP contribution in [0.2, 0.25) is 0 Å². The zero-order chi connectivity index (χ0) is 20.5. The van der Waals surface area contributed by atoms with Gasteiger partial charge >= 0.3 is 5.69 Å². The van der Waals surface area contributed by atoms with Crippen LogP contribution in [0.3, 0.4) is 0 Å². The first kappa shape index (κ1) is 21.3. The Bertz CT molecular complexity index is 932. The van der Waals surface area contributed by atoms with Crippen molar-refractivity contribution in [2.75, 3.05) is 13.6 Å². The second-order valence-electron chi connectivity index (χ2n) is 6.42. The molecule has 0 radical (unpaired) electrons. The van der Waals surface area contributed by atoms with Gasteiger partial charge in [0.05, 0.1) is 23.9 Å². The monoisotopic (exact) mass is 385 g/mol. The molecule has 0 aliphatic heterocycles. The second-order valence-corrected chi connectivity index (χ2v) is 6.42. The molecule has 0 fully saturated rings. The molecule has 2 rings (SSSR count). The molecule has 0 aliphatic carbocycles. The number of likely N-dealkylation sites (N-methyl/N-ethyl adjacent to an activating group) is 1. The van der Waals surface area contributed by atoms with Gasteiger partial charge in [0, 0.05) is 26.3 Å². The van der Waals surface area contributed by atoms with Crippen LogP contribution in [0.4, 0.5) is 0 Å². The molecule has 8 nitrogen and oxygen atoms in total. The van der Waals surface area contributed by atoms with Crippen molar-refractivity contribution in [2.45, 2.75) is 32.5 Å². The van der Waals surface area contributed by atoms with E-state index in [0.29, 0.717) is 18.8 Å². The van der Waals surface area contributed by atoms with Crippen LogP contribution in [0, 0.1) is 0 Å². The van der Waals surface area contributed by atoms with Gasteiger partial charge in [-0.3, -0.25) is 14.8 Å². The third-order valence-electron chi connectivity index (χ3n) is 4.44. The molecule has 2 aromatic rings. The van der Waals surface area contributed by atoms with E-state index in [0.717, 1.165) is 17.5 Å². The average molecular weight is 385 g/mol. The van der Waals surface area contributed by atoms with E-state index in [1.807, 2.05) is 31.3 Å². The molecule has 0 saturated carbocycles. The summed E-state index contributed by atoms with van der Waals surface area (Å²) in [6.45, 7) is 7.17. The minimum Gasteiger partial charge on any atom is -0.392 e. The van der Waals surface area contributed by atoms with Crippen molar-refractivity contribution in [1.82, 2.24) is 20.3 Å². The fraction of sp³-hybridized carbons (Fsp3) is 0.350. The number of H-pyrrole nitrogens is 2. The largest absolute Gasteiger partial charge is 0.392 e. The highest BCUT2D eigenvalue weighted by Crippen LogP contribution is 2.07. The van der Waals surface area contributed by atoms with Crippen LogP contribution in [0.5, 0.6) is 0 Å². The van der Waals surface area contributed by atoms with Crippen LogP contribution >= 0.6 is 0 Å². The van der Waals surface area contributed by atoms with Gasteiger partial charge < -0.3 is 15.4 Å². The van der Waals surface area contributed by atoms with Crippen molar-refractivity contribution < 1.29 is 5.11 Å². The van der Waals surface area contributed by atoms with Crippen LogP contribution < -0.4 is 16.6 Å². The van der Waals surface area contributed by atoms with Gasteiger partial charge in [0.25, 0.3) is 5.56 Å². The van der Waals surface area contributed by atoms with Gasteiger partial charge in [-0.1, -0.05) is 37.8 Å². The smallest absolute Gasteiger partial charge is 0.325 e. The SMILES string of the molecule is C=C/C(=N\N(C)C(CC)CNCc1cccc(CO)c1)c1c[nH]c(=O)[nH]c1=O. The molecular weight excluding hydrogens is 358 g/mol. The maximum absolute atomic E-state index is 12.0. The highest BCUT2D eigenvalue weighted by atomic mass is 16.3. The van der Waals surface area contributed by atoms with Crippen molar-refractivity contribution in [3.8, 4) is 0 Å². The van der Waals surface area contributed by atoms with Crippen molar-refractivity contribution in [3.63, 3.8) is 0 Å². The van der Waals surface area contributed by atoms with E-state index in [-0.39, 0.29) is 18.2 Å². The minimum atomic E-state index is -0.564. The Morgan fingerprint density at radius 2 is 2.14 bits per heavy atom. The van der Waals surface area contributed by atoms with E-state index < -0.39 is 11.2 Å². The molecule has 4 N–H and O–H groups in total. The van der Waals surface area contributed by atoms with Gasteiger partial charge in [0.2, 0.25) is 0 Å². The molecule has 0 aliphatic rings. The molecule has 8 heteroatoms. The third kappa shape index (κ3) is 5.77. The zero-order valence-corrected chi connectivity index (χ0v) is 16.2. The molecule has 0 saturated heterocycles. The lowest BCUT2D eigenvalue weighted by molar-refractivity contribution is 0.239. The summed E-state index contributed by atoms with van der Waals surface area (Å²) in [5.74, 6) is 0. The van der Waals surface area contributed by atoms with Crippen LogP contribution in [0.1, 0.15) is 30.0 Å². The molecule has 150 valence electrons. The zero-order valence-electron chi connectivity index (χ0n) is 16.2. The molecule has 0 spiro atoms. The summed E-state index contributed by atoms with van der Waals surface area (Å²) in [4.78, 5) is 27.8. The summed E-state index contributed by atoms with van der Waals surface area (Å²) >= 11 is 0. The summed E-state index contributed by atoms with van der Waals surface area (Å²) in [5, 5.41) is 18.9. The lowest BCUT2D eigenvalue weighted by Gasteiger charge is -2.25. The van der Waals surface area contributed by atoms with Crippen molar-refractivity contribution in [1.29, 1.82) is 0 Å². The van der Waals surface area contributed by atoms with E-state index >= 15 is 0 Å². The maximum atomic E-state index is 12.0. The van der Waals surface area contributed by atoms with E-state index in [2.05, 4.69) is 33.9 Å². The maximum Gasteiger partial charge on any atom is 0.325 e. The van der Waals surface area contributed by atoms with E-state index in [4.69, 9.17) is 0 Å². The molecule has 0 bridgehead atoms. The Hall–Kier alpha value is -2.97. The van der Waals surface area contributed by atoms with Crippen molar-refractivity contribution >= 4 is 5.71 Å². The first-order chi connectivity index (χ1) is 13.5. The number of hydrogen-bond acceptors (Lipinski definition) is 6. The van der Waals surface area contributed by atoms with Crippen LogP contribution in [-0.4, -0.2) is 45.4 Å². The molecule has 1 unspecified atom stereocenters. The highest BCUT2D eigenvalue weighted by molar-refractivity contribution is 6.07. The van der Waals surface area contributed by atoms with Gasteiger partial charge in [-0.25, -0.2) is 4.79 Å². The number of hydrogen-bond donors (Lipinski definition) is 4. The van der Waals surface area contributed by atoms with Crippen LogP contribution in [-0.2, 0) is 13.2 Å². The fourth-order valence-electron chi connectivity index (χ4n) is 2.82. The lowest BCUT2D eigenvalue weighted by atomic mass is 10.1. The molecule has 0 amide bonds. The predicted molar refractivity (Wildman–Crippen MR) is 110 cm³/mol. The van der Waals surface area contributed by atoms with Crippen molar-refractivity contribution in [2.24, 2.45) is 5.10 Å². The molecule has 1 aromatic heterocycles. The Morgan fingerprint density at radius 1 is 1.39 bits per heavy atom.